The highest BCUT2D eigenvalue weighted by Gasteiger charge is 2.31. The van der Waals surface area contributed by atoms with E-state index in [2.05, 4.69) is 4.74 Å². The average molecular weight is 233 g/mol. The van der Waals surface area contributed by atoms with Crippen molar-refractivity contribution >= 4 is 5.97 Å². The number of hydrogen-bond acceptors (Lipinski definition) is 3. The molecular weight excluding hydrogens is 225 g/mol. The van der Waals surface area contributed by atoms with E-state index in [0.29, 0.717) is 12.7 Å². The fourth-order valence-corrected chi connectivity index (χ4v) is 1.09. The summed E-state index contributed by atoms with van der Waals surface area (Å²) in [5.41, 5.74) is -1.09. The zero-order valence-corrected chi connectivity index (χ0v) is 8.21. The monoisotopic (exact) mass is 233 g/mol. The van der Waals surface area contributed by atoms with E-state index in [0.717, 1.165) is 19.1 Å². The number of benzene rings is 1. The summed E-state index contributed by atoms with van der Waals surface area (Å²) in [5.74, 6) is -0.995. The van der Waals surface area contributed by atoms with Crippen LogP contribution >= 0.6 is 0 Å². The quantitative estimate of drug-likeness (QED) is 0.630. The number of aliphatic hydroxyl groups is 1. The van der Waals surface area contributed by atoms with Crippen LogP contribution in [0.4, 0.5) is 13.2 Å². The molecule has 0 atom stereocenters. The minimum Gasteiger partial charge on any atom is -0.427 e. The van der Waals surface area contributed by atoms with E-state index >= 15 is 0 Å². The predicted octanol–water partition coefficient (Wildman–Crippen LogP) is 2.51. The summed E-state index contributed by atoms with van der Waals surface area (Å²) in [5, 5.41) is 8.65. The normalized spacial score (nSPS) is 11.3. The van der Waals surface area contributed by atoms with Crippen molar-refractivity contribution in [2.75, 3.05) is 0 Å². The maximum absolute atomic E-state index is 12.4. The third-order valence-corrected chi connectivity index (χ3v) is 1.67. The Labute approximate surface area is 89.5 Å². The molecule has 0 bridgehead atoms. The first-order valence-corrected chi connectivity index (χ1v) is 4.21. The molecule has 0 saturated heterocycles. The van der Waals surface area contributed by atoms with Crippen LogP contribution in [-0.2, 0) is 11.0 Å². The average Bonchev–Trinajstić information content (AvgIpc) is 2.14. The summed E-state index contributed by atoms with van der Waals surface area (Å²) < 4.78 is 41.7. The number of rotatable bonds is 2. The summed E-state index contributed by atoms with van der Waals surface area (Å²) in [7, 11) is 0. The molecule has 0 fully saturated rings. The number of hydrogen-bond donors (Lipinski definition) is 1. The van der Waals surface area contributed by atoms with E-state index < -0.39 is 17.7 Å². The molecule has 0 aliphatic heterocycles. The molecule has 0 saturated carbocycles. The molecule has 3 nitrogen and oxygen atoms in total. The summed E-state index contributed by atoms with van der Waals surface area (Å²) in [6.07, 6.45) is -4.56. The number of halogens is 3. The molecule has 16 heavy (non-hydrogen) atoms. The lowest BCUT2D eigenvalue weighted by Crippen LogP contribution is -2.08. The van der Waals surface area contributed by atoms with Gasteiger partial charge in [-0.05, 0) is 23.8 Å². The zero-order chi connectivity index (χ0) is 12.3. The Hall–Kier alpha value is -1.56. The molecule has 1 aromatic carbocycles. The first kappa shape index (κ1) is 12.5. The minimum absolute atomic E-state index is 0.0916. The summed E-state index contributed by atoms with van der Waals surface area (Å²) in [4.78, 5) is 10.6. The Morgan fingerprint density at radius 1 is 1.38 bits per heavy atom. The molecule has 0 unspecified atom stereocenters. The van der Waals surface area contributed by atoms with Crippen molar-refractivity contribution < 1.29 is 27.8 Å². The first-order chi connectivity index (χ1) is 7.32. The lowest BCUT2D eigenvalue weighted by Gasteiger charge is -2.10. The molecule has 1 rings (SSSR count). The van der Waals surface area contributed by atoms with E-state index in [1.807, 2.05) is 0 Å². The van der Waals surface area contributed by atoms with Crippen LogP contribution in [0.2, 0.25) is 0 Å². The van der Waals surface area contributed by atoms with E-state index in [4.69, 9.17) is 5.11 Å². The molecule has 1 radical (unpaired) electrons. The fourth-order valence-electron chi connectivity index (χ4n) is 1.09. The third-order valence-electron chi connectivity index (χ3n) is 1.67. The van der Waals surface area contributed by atoms with Gasteiger partial charge >= 0.3 is 12.1 Å². The number of aliphatic hydroxyl groups excluding tert-OH is 1. The van der Waals surface area contributed by atoms with Gasteiger partial charge in [-0.1, -0.05) is 0 Å². The van der Waals surface area contributed by atoms with Gasteiger partial charge < -0.3 is 9.84 Å². The largest absolute Gasteiger partial charge is 0.427 e. The third kappa shape index (κ3) is 3.23. The highest BCUT2D eigenvalue weighted by molar-refractivity contribution is 5.69. The van der Waals surface area contributed by atoms with Crippen molar-refractivity contribution in [3.8, 4) is 5.75 Å². The van der Waals surface area contributed by atoms with Gasteiger partial charge in [0.2, 0.25) is 0 Å². The lowest BCUT2D eigenvalue weighted by molar-refractivity contribution is -0.138. The number of carbonyl (C=O) groups excluding carboxylic acids is 1. The van der Waals surface area contributed by atoms with E-state index in [1.54, 1.807) is 0 Å². The number of alkyl halides is 3. The molecule has 0 aliphatic carbocycles. The van der Waals surface area contributed by atoms with Gasteiger partial charge in [-0.15, -0.1) is 0 Å². The maximum Gasteiger partial charge on any atom is 0.416 e. The van der Waals surface area contributed by atoms with Crippen molar-refractivity contribution in [2.24, 2.45) is 0 Å². The van der Waals surface area contributed by atoms with Gasteiger partial charge in [0.05, 0.1) is 5.56 Å². The topological polar surface area (TPSA) is 46.5 Å². The molecule has 0 aromatic heterocycles. The smallest absolute Gasteiger partial charge is 0.416 e. The van der Waals surface area contributed by atoms with E-state index in [9.17, 15) is 18.0 Å². The summed E-state index contributed by atoms with van der Waals surface area (Å²) in [6, 6.07) is 2.55. The van der Waals surface area contributed by atoms with Gasteiger partial charge in [-0.3, -0.25) is 4.79 Å². The second-order valence-electron chi connectivity index (χ2n) is 3.01. The van der Waals surface area contributed by atoms with Gasteiger partial charge in [-0.2, -0.15) is 13.2 Å². The van der Waals surface area contributed by atoms with Gasteiger partial charge in [0, 0.05) is 6.92 Å². The van der Waals surface area contributed by atoms with Crippen molar-refractivity contribution in [1.29, 1.82) is 0 Å². The van der Waals surface area contributed by atoms with Crippen LogP contribution in [0, 0.1) is 6.61 Å². The molecule has 0 spiro atoms. The number of carbonyl (C=O) groups is 1. The Kier molecular flexibility index (Phi) is 3.54. The van der Waals surface area contributed by atoms with Gasteiger partial charge in [0.1, 0.15) is 12.4 Å². The second kappa shape index (κ2) is 4.52. The fraction of sp³-hybridized carbons (Fsp3) is 0.200. The van der Waals surface area contributed by atoms with Crippen LogP contribution in [-0.4, -0.2) is 11.1 Å². The van der Waals surface area contributed by atoms with Crippen LogP contribution in [0.1, 0.15) is 18.1 Å². The molecular formula is C10H8F3O3. The van der Waals surface area contributed by atoms with Crippen molar-refractivity contribution in [3.05, 3.63) is 35.9 Å². The van der Waals surface area contributed by atoms with Crippen LogP contribution < -0.4 is 4.74 Å². The van der Waals surface area contributed by atoms with Gasteiger partial charge in [0.25, 0.3) is 0 Å². The molecule has 1 aromatic rings. The van der Waals surface area contributed by atoms with E-state index in [-0.39, 0.29) is 11.3 Å². The Bertz CT molecular complexity index is 399. The first-order valence-electron chi connectivity index (χ1n) is 4.21. The molecule has 6 heteroatoms. The molecule has 0 amide bonds. The van der Waals surface area contributed by atoms with Crippen molar-refractivity contribution in [2.45, 2.75) is 13.1 Å². The molecule has 87 valence electrons. The van der Waals surface area contributed by atoms with Crippen molar-refractivity contribution in [1.82, 2.24) is 0 Å². The van der Waals surface area contributed by atoms with Crippen LogP contribution in [0.15, 0.2) is 18.2 Å². The SMILES string of the molecule is CC(=O)Oc1cc([CH]O)cc(C(F)(F)F)c1. The predicted molar refractivity (Wildman–Crippen MR) is 48.1 cm³/mol. The van der Waals surface area contributed by atoms with Gasteiger partial charge in [0.15, 0.2) is 0 Å². The Morgan fingerprint density at radius 3 is 2.44 bits per heavy atom. The van der Waals surface area contributed by atoms with E-state index in [1.165, 1.54) is 0 Å². The van der Waals surface area contributed by atoms with Crippen LogP contribution in [0.5, 0.6) is 5.75 Å². The highest BCUT2D eigenvalue weighted by Crippen LogP contribution is 2.32. The molecule has 0 aliphatic rings. The zero-order valence-electron chi connectivity index (χ0n) is 8.21. The Morgan fingerprint density at radius 2 is 2.00 bits per heavy atom. The van der Waals surface area contributed by atoms with Gasteiger partial charge in [-0.25, -0.2) is 0 Å². The maximum atomic E-state index is 12.4. The second-order valence-corrected chi connectivity index (χ2v) is 3.01. The lowest BCUT2D eigenvalue weighted by atomic mass is 10.1. The molecule has 0 heterocycles. The van der Waals surface area contributed by atoms with Crippen LogP contribution in [0.3, 0.4) is 0 Å². The summed E-state index contributed by atoms with van der Waals surface area (Å²) in [6.45, 7) is 1.57. The minimum atomic E-state index is -4.56. The van der Waals surface area contributed by atoms with Crippen molar-refractivity contribution in [3.63, 3.8) is 0 Å². The van der Waals surface area contributed by atoms with Crippen LogP contribution in [0.25, 0.3) is 0 Å². The number of esters is 1. The summed E-state index contributed by atoms with van der Waals surface area (Å²) >= 11 is 0. The Balaban J connectivity index is 3.16. The standard InChI is InChI=1S/C10H8F3O3/c1-6(15)16-9-3-7(5-14)2-8(4-9)10(11,12)13/h2-5,14H,1H3. The number of ether oxygens (including phenoxy) is 1. The highest BCUT2D eigenvalue weighted by atomic mass is 19.4. The molecule has 1 N–H and O–H groups in total.